The first-order valence-corrected chi connectivity index (χ1v) is 9.74. The first-order chi connectivity index (χ1) is 12.1. The van der Waals surface area contributed by atoms with E-state index in [-0.39, 0.29) is 10.9 Å². The lowest BCUT2D eigenvalue weighted by molar-refractivity contribution is 0.251. The zero-order valence-corrected chi connectivity index (χ0v) is 14.7. The number of pyridine rings is 1. The molecule has 0 spiro atoms. The van der Waals surface area contributed by atoms with E-state index in [1.54, 1.807) is 33.3 Å². The van der Waals surface area contributed by atoms with Crippen molar-refractivity contribution in [3.05, 3.63) is 54.2 Å². The lowest BCUT2D eigenvalue weighted by atomic mass is 10.0. The summed E-state index contributed by atoms with van der Waals surface area (Å²) < 4.78 is 29.5. The lowest BCUT2D eigenvalue weighted by Gasteiger charge is -2.34. The third-order valence-corrected chi connectivity index (χ3v) is 6.49. The topological polar surface area (TPSA) is 80.5 Å². The first-order valence-electron chi connectivity index (χ1n) is 8.30. The maximum Gasteiger partial charge on any atom is 0.245 e. The van der Waals surface area contributed by atoms with E-state index >= 15 is 0 Å². The Bertz CT molecular complexity index is 1000. The minimum absolute atomic E-state index is 0.226. The number of aromatic nitrogens is 4. The summed E-state index contributed by atoms with van der Waals surface area (Å²) in [7, 11) is -3.60. The van der Waals surface area contributed by atoms with Gasteiger partial charge in [-0.15, -0.1) is 0 Å². The summed E-state index contributed by atoms with van der Waals surface area (Å²) in [6, 6.07) is 6.73. The summed E-state index contributed by atoms with van der Waals surface area (Å²) >= 11 is 0. The number of nitrogens with zero attached hydrogens (tertiary/aromatic N) is 5. The van der Waals surface area contributed by atoms with Gasteiger partial charge in [0.25, 0.3) is 0 Å². The van der Waals surface area contributed by atoms with Gasteiger partial charge in [-0.3, -0.25) is 4.98 Å². The predicted molar refractivity (Wildman–Crippen MR) is 92.4 cm³/mol. The van der Waals surface area contributed by atoms with E-state index in [2.05, 4.69) is 15.1 Å². The van der Waals surface area contributed by atoms with Gasteiger partial charge in [-0.25, -0.2) is 17.9 Å². The van der Waals surface area contributed by atoms with Gasteiger partial charge < -0.3 is 0 Å². The van der Waals surface area contributed by atoms with E-state index in [1.807, 2.05) is 19.1 Å². The van der Waals surface area contributed by atoms with Gasteiger partial charge in [0.2, 0.25) is 10.0 Å². The molecule has 0 N–H and O–H groups in total. The SMILES string of the molecule is Cc1cc([C@H]2CCCCN2S(=O)(=O)c2cccnc2)nc2ccnn12. The maximum atomic E-state index is 13.1. The number of fused-ring (bicyclic) bond motifs is 1. The standard InChI is InChI=1S/C17H19N5O2S/c1-13-11-15(20-17-7-9-19-22(13)17)16-6-2-3-10-21(16)25(23,24)14-5-4-8-18-12-14/h4-5,7-9,11-12,16H,2-3,6,10H2,1H3/t16-/m1/s1. The molecular weight excluding hydrogens is 338 g/mol. The van der Waals surface area contributed by atoms with Crippen molar-refractivity contribution in [1.29, 1.82) is 0 Å². The Balaban J connectivity index is 1.78. The van der Waals surface area contributed by atoms with Crippen LogP contribution in [0.3, 0.4) is 0 Å². The fraction of sp³-hybridized carbons (Fsp3) is 0.353. The zero-order valence-electron chi connectivity index (χ0n) is 13.9. The van der Waals surface area contributed by atoms with E-state index in [0.29, 0.717) is 6.54 Å². The Morgan fingerprint density at radius 3 is 2.88 bits per heavy atom. The minimum atomic E-state index is -3.60. The number of aryl methyl sites for hydroxylation is 1. The van der Waals surface area contributed by atoms with Crippen molar-refractivity contribution in [2.24, 2.45) is 0 Å². The van der Waals surface area contributed by atoms with Gasteiger partial charge in [-0.2, -0.15) is 9.40 Å². The minimum Gasteiger partial charge on any atom is -0.263 e. The highest BCUT2D eigenvalue weighted by Crippen LogP contribution is 2.34. The molecule has 25 heavy (non-hydrogen) atoms. The van der Waals surface area contributed by atoms with Crippen molar-refractivity contribution < 1.29 is 8.42 Å². The molecule has 3 aromatic heterocycles. The van der Waals surface area contributed by atoms with Gasteiger partial charge in [-0.1, -0.05) is 6.42 Å². The van der Waals surface area contributed by atoms with Gasteiger partial charge in [0.1, 0.15) is 4.90 Å². The zero-order chi connectivity index (χ0) is 17.4. The molecule has 0 bridgehead atoms. The van der Waals surface area contributed by atoms with Gasteiger partial charge in [0.05, 0.1) is 17.9 Å². The number of piperidine rings is 1. The molecule has 7 nitrogen and oxygen atoms in total. The molecule has 0 radical (unpaired) electrons. The molecule has 1 saturated heterocycles. The fourth-order valence-electron chi connectivity index (χ4n) is 3.39. The molecule has 1 aliphatic rings. The van der Waals surface area contributed by atoms with Crippen LogP contribution >= 0.6 is 0 Å². The van der Waals surface area contributed by atoms with E-state index in [9.17, 15) is 8.42 Å². The third kappa shape index (κ3) is 2.81. The maximum absolute atomic E-state index is 13.1. The van der Waals surface area contributed by atoms with Crippen molar-refractivity contribution in [1.82, 2.24) is 23.9 Å². The van der Waals surface area contributed by atoms with Crippen LogP contribution in [0.4, 0.5) is 0 Å². The lowest BCUT2D eigenvalue weighted by Crippen LogP contribution is -2.39. The first kappa shape index (κ1) is 16.2. The highest BCUT2D eigenvalue weighted by atomic mass is 32.2. The van der Waals surface area contributed by atoms with Crippen molar-refractivity contribution in [2.75, 3.05) is 6.54 Å². The molecule has 0 amide bonds. The third-order valence-electron chi connectivity index (χ3n) is 4.59. The van der Waals surface area contributed by atoms with Crippen LogP contribution in [-0.2, 0) is 10.0 Å². The van der Waals surface area contributed by atoms with Crippen LogP contribution in [-0.4, -0.2) is 38.8 Å². The number of hydrogen-bond donors (Lipinski definition) is 0. The Hall–Kier alpha value is -2.32. The van der Waals surface area contributed by atoms with Crippen LogP contribution < -0.4 is 0 Å². The van der Waals surface area contributed by atoms with Crippen LogP contribution in [0, 0.1) is 6.92 Å². The molecule has 0 saturated carbocycles. The Morgan fingerprint density at radius 2 is 2.08 bits per heavy atom. The Kier molecular flexibility index (Phi) is 4.01. The van der Waals surface area contributed by atoms with Crippen molar-refractivity contribution >= 4 is 15.7 Å². The molecule has 0 aromatic carbocycles. The molecule has 1 aliphatic heterocycles. The summed E-state index contributed by atoms with van der Waals surface area (Å²) in [5.74, 6) is 0. The summed E-state index contributed by atoms with van der Waals surface area (Å²) in [5, 5.41) is 4.23. The second kappa shape index (κ2) is 6.20. The summed E-state index contributed by atoms with van der Waals surface area (Å²) in [6.45, 7) is 2.45. The second-order valence-corrected chi connectivity index (χ2v) is 8.13. The highest BCUT2D eigenvalue weighted by Gasteiger charge is 2.35. The molecule has 0 unspecified atom stereocenters. The van der Waals surface area contributed by atoms with Crippen LogP contribution in [0.25, 0.3) is 5.65 Å². The smallest absolute Gasteiger partial charge is 0.245 e. The largest absolute Gasteiger partial charge is 0.263 e. The number of rotatable bonds is 3. The molecule has 130 valence electrons. The summed E-state index contributed by atoms with van der Waals surface area (Å²) in [6.07, 6.45) is 7.27. The van der Waals surface area contributed by atoms with Crippen LogP contribution in [0.5, 0.6) is 0 Å². The fourth-order valence-corrected chi connectivity index (χ4v) is 5.02. The second-order valence-electron chi connectivity index (χ2n) is 6.24. The summed E-state index contributed by atoms with van der Waals surface area (Å²) in [5.41, 5.74) is 2.45. The van der Waals surface area contributed by atoms with E-state index in [1.165, 1.54) is 6.20 Å². The molecule has 3 aromatic rings. The van der Waals surface area contributed by atoms with Crippen LogP contribution in [0.2, 0.25) is 0 Å². The van der Waals surface area contributed by atoms with Gasteiger partial charge in [0.15, 0.2) is 5.65 Å². The average molecular weight is 357 g/mol. The molecule has 4 rings (SSSR count). The van der Waals surface area contributed by atoms with Gasteiger partial charge in [0, 0.05) is 30.7 Å². The normalized spacial score (nSPS) is 19.3. The van der Waals surface area contributed by atoms with Crippen molar-refractivity contribution in [3.63, 3.8) is 0 Å². The van der Waals surface area contributed by atoms with E-state index in [4.69, 9.17) is 0 Å². The Labute approximate surface area is 146 Å². The van der Waals surface area contributed by atoms with E-state index in [0.717, 1.165) is 36.3 Å². The monoisotopic (exact) mass is 357 g/mol. The number of sulfonamides is 1. The van der Waals surface area contributed by atoms with Gasteiger partial charge in [-0.05, 0) is 38.0 Å². The van der Waals surface area contributed by atoms with Crippen LogP contribution in [0.1, 0.15) is 36.7 Å². The van der Waals surface area contributed by atoms with Gasteiger partial charge >= 0.3 is 0 Å². The predicted octanol–water partition coefficient (Wildman–Crippen LogP) is 2.35. The molecule has 4 heterocycles. The van der Waals surface area contributed by atoms with E-state index < -0.39 is 10.0 Å². The Morgan fingerprint density at radius 1 is 1.20 bits per heavy atom. The summed E-state index contributed by atoms with van der Waals surface area (Å²) in [4.78, 5) is 8.84. The molecule has 8 heteroatoms. The van der Waals surface area contributed by atoms with Crippen molar-refractivity contribution in [3.8, 4) is 0 Å². The number of hydrogen-bond acceptors (Lipinski definition) is 5. The molecule has 1 fully saturated rings. The van der Waals surface area contributed by atoms with Crippen molar-refractivity contribution in [2.45, 2.75) is 37.1 Å². The highest BCUT2D eigenvalue weighted by molar-refractivity contribution is 7.89. The molecule has 0 aliphatic carbocycles. The average Bonchev–Trinajstić information content (AvgIpc) is 3.12. The molecule has 1 atom stereocenters. The molecular formula is C17H19N5O2S. The quantitative estimate of drug-likeness (QED) is 0.719. The van der Waals surface area contributed by atoms with Crippen LogP contribution in [0.15, 0.2) is 47.8 Å².